The van der Waals surface area contributed by atoms with Gasteiger partial charge in [0, 0.05) is 0 Å². The zero-order valence-electron chi connectivity index (χ0n) is 14.5. The molecule has 0 aliphatic carbocycles. The molecule has 1 aliphatic heterocycles. The molecule has 0 atom stereocenters. The number of hydrogen-bond donors (Lipinski definition) is 1. The second-order valence-corrected chi connectivity index (χ2v) is 6.54. The first-order valence-electron chi connectivity index (χ1n) is 8.45. The normalized spacial score (nSPS) is 16.2. The van der Waals surface area contributed by atoms with Crippen LogP contribution in [0.4, 0.5) is 13.2 Å². The first-order valence-corrected chi connectivity index (χ1v) is 8.45. The summed E-state index contributed by atoms with van der Waals surface area (Å²) in [5, 5.41) is 3.79. The second kappa shape index (κ2) is 6.38. The molecule has 7 nitrogen and oxygen atoms in total. The number of alkyl halides is 3. The lowest BCUT2D eigenvalue weighted by Gasteiger charge is -2.29. The lowest BCUT2D eigenvalue weighted by atomic mass is 10.2. The second-order valence-electron chi connectivity index (χ2n) is 6.54. The molecule has 3 aromatic heterocycles. The Morgan fingerprint density at radius 2 is 2.04 bits per heavy atom. The van der Waals surface area contributed by atoms with Gasteiger partial charge < -0.3 is 14.2 Å². The zero-order valence-corrected chi connectivity index (χ0v) is 14.5. The molecule has 0 bridgehead atoms. The summed E-state index contributed by atoms with van der Waals surface area (Å²) in [6.07, 6.45) is -2.16. The van der Waals surface area contributed by atoms with Crippen LogP contribution in [0.5, 0.6) is 0 Å². The highest BCUT2D eigenvalue weighted by molar-refractivity contribution is 6.00. The van der Waals surface area contributed by atoms with Crippen molar-refractivity contribution in [3.63, 3.8) is 0 Å². The topological polar surface area (TPSA) is 68.1 Å². The Labute approximate surface area is 152 Å². The van der Waals surface area contributed by atoms with Crippen molar-refractivity contribution in [2.24, 2.45) is 0 Å². The maximum absolute atomic E-state index is 13.5. The summed E-state index contributed by atoms with van der Waals surface area (Å²) in [4.78, 5) is 20.0. The highest BCUT2D eigenvalue weighted by Crippen LogP contribution is 2.33. The van der Waals surface area contributed by atoms with Crippen LogP contribution in [0.1, 0.15) is 16.1 Å². The van der Waals surface area contributed by atoms with Crippen molar-refractivity contribution in [1.29, 1.82) is 0 Å². The van der Waals surface area contributed by atoms with Crippen LogP contribution in [0.2, 0.25) is 0 Å². The molecule has 0 radical (unpaired) electrons. The number of nitrogens with zero attached hydrogens (tertiary/aromatic N) is 4. The van der Waals surface area contributed by atoms with Crippen LogP contribution < -0.4 is 4.90 Å². The minimum atomic E-state index is -4.66. The minimum Gasteiger partial charge on any atom is -0.463 e. The monoisotopic (exact) mass is 380 g/mol. The number of halogens is 3. The lowest BCUT2D eigenvalue weighted by Crippen LogP contribution is -3.12. The first kappa shape index (κ1) is 17.5. The molecule has 1 N–H and O–H groups in total. The summed E-state index contributed by atoms with van der Waals surface area (Å²) >= 11 is 0. The molecule has 27 heavy (non-hydrogen) atoms. The van der Waals surface area contributed by atoms with Gasteiger partial charge in [-0.3, -0.25) is 4.79 Å². The van der Waals surface area contributed by atoms with E-state index in [2.05, 4.69) is 10.1 Å². The van der Waals surface area contributed by atoms with Crippen LogP contribution in [0.3, 0.4) is 0 Å². The number of carbonyl (C=O) groups is 1. The van der Waals surface area contributed by atoms with E-state index >= 15 is 0 Å². The fourth-order valence-corrected chi connectivity index (χ4v) is 3.13. The average Bonchev–Trinajstić information content (AvgIpc) is 3.30. The van der Waals surface area contributed by atoms with Crippen LogP contribution in [0, 0.1) is 0 Å². The maximum Gasteiger partial charge on any atom is 0.433 e. The number of rotatable bonds is 2. The highest BCUT2D eigenvalue weighted by Gasteiger charge is 2.36. The van der Waals surface area contributed by atoms with Crippen molar-refractivity contribution in [2.45, 2.75) is 6.18 Å². The van der Waals surface area contributed by atoms with Gasteiger partial charge in [-0.1, -0.05) is 0 Å². The van der Waals surface area contributed by atoms with Crippen molar-refractivity contribution in [3.8, 4) is 11.5 Å². The molecule has 1 amide bonds. The van der Waals surface area contributed by atoms with Gasteiger partial charge in [0.2, 0.25) is 0 Å². The molecular formula is C17H17F3N5O2+. The molecule has 3 aromatic rings. The Morgan fingerprint density at radius 3 is 2.67 bits per heavy atom. The molecule has 0 spiro atoms. The fourth-order valence-electron chi connectivity index (χ4n) is 3.13. The Balaban J connectivity index is 1.83. The van der Waals surface area contributed by atoms with E-state index in [-0.39, 0.29) is 28.6 Å². The number of piperazine rings is 1. The number of amides is 1. The van der Waals surface area contributed by atoms with Gasteiger partial charge in [0.25, 0.3) is 5.91 Å². The maximum atomic E-state index is 13.5. The number of carbonyl (C=O) groups excluding carboxylic acids is 1. The third-order valence-electron chi connectivity index (χ3n) is 4.67. The number of aromatic nitrogens is 3. The van der Waals surface area contributed by atoms with Crippen LogP contribution in [-0.2, 0) is 6.18 Å². The molecule has 10 heteroatoms. The molecule has 0 unspecified atom stereocenters. The predicted octanol–water partition coefficient (Wildman–Crippen LogP) is 0.979. The van der Waals surface area contributed by atoms with Crippen LogP contribution in [0.15, 0.2) is 35.1 Å². The van der Waals surface area contributed by atoms with Crippen molar-refractivity contribution < 1.29 is 27.3 Å². The molecule has 142 valence electrons. The summed E-state index contributed by atoms with van der Waals surface area (Å²) in [5.41, 5.74) is -1.10. The standard InChI is InChI=1S/C17H16F3N5O2/c1-23-4-6-24(7-5-23)16(26)11-10-21-25-14(17(18,19)20)9-12(22-15(11)25)13-3-2-8-27-13/h2-3,8-10H,4-7H2,1H3/p+1. The van der Waals surface area contributed by atoms with E-state index in [1.54, 1.807) is 11.0 Å². The van der Waals surface area contributed by atoms with Gasteiger partial charge in [0.1, 0.15) is 11.3 Å². The largest absolute Gasteiger partial charge is 0.463 e. The van der Waals surface area contributed by atoms with E-state index in [1.807, 2.05) is 7.05 Å². The van der Waals surface area contributed by atoms with Gasteiger partial charge in [0.15, 0.2) is 17.1 Å². The van der Waals surface area contributed by atoms with Crippen molar-refractivity contribution >= 4 is 11.6 Å². The average molecular weight is 380 g/mol. The first-order chi connectivity index (χ1) is 12.8. The Kier molecular flexibility index (Phi) is 4.14. The van der Waals surface area contributed by atoms with E-state index in [4.69, 9.17) is 4.42 Å². The zero-order chi connectivity index (χ0) is 19.2. The minimum absolute atomic E-state index is 0.00260. The molecule has 0 saturated carbocycles. The van der Waals surface area contributed by atoms with E-state index in [0.29, 0.717) is 17.6 Å². The molecule has 0 aromatic carbocycles. The predicted molar refractivity (Wildman–Crippen MR) is 88.2 cm³/mol. The van der Waals surface area contributed by atoms with Crippen molar-refractivity contribution in [2.75, 3.05) is 33.2 Å². The van der Waals surface area contributed by atoms with Crippen LogP contribution >= 0.6 is 0 Å². The number of nitrogens with one attached hydrogen (secondary N) is 1. The summed E-state index contributed by atoms with van der Waals surface area (Å²) < 4.78 is 46.4. The van der Waals surface area contributed by atoms with Crippen LogP contribution in [-0.4, -0.2) is 58.6 Å². The summed E-state index contributed by atoms with van der Waals surface area (Å²) in [6.45, 7) is 2.63. The van der Waals surface area contributed by atoms with Gasteiger partial charge >= 0.3 is 6.18 Å². The summed E-state index contributed by atoms with van der Waals surface area (Å²) in [7, 11) is 2.03. The van der Waals surface area contributed by atoms with E-state index in [9.17, 15) is 18.0 Å². The van der Waals surface area contributed by atoms with E-state index in [1.165, 1.54) is 17.2 Å². The highest BCUT2D eigenvalue weighted by atomic mass is 19.4. The Morgan fingerprint density at radius 1 is 1.30 bits per heavy atom. The summed E-state index contributed by atoms with van der Waals surface area (Å²) in [5.74, 6) is -0.180. The molecule has 1 fully saturated rings. The molecule has 4 heterocycles. The van der Waals surface area contributed by atoms with Gasteiger partial charge in [-0.15, -0.1) is 0 Å². The summed E-state index contributed by atoms with van der Waals surface area (Å²) in [6, 6.07) is 3.94. The third-order valence-corrected chi connectivity index (χ3v) is 4.67. The molecule has 1 saturated heterocycles. The number of fused-ring (bicyclic) bond motifs is 1. The molecule has 4 rings (SSSR count). The van der Waals surface area contributed by atoms with Crippen LogP contribution in [0.25, 0.3) is 17.1 Å². The number of quaternary nitrogens is 1. The number of furan rings is 1. The van der Waals surface area contributed by atoms with E-state index in [0.717, 1.165) is 25.4 Å². The van der Waals surface area contributed by atoms with Crippen molar-refractivity contribution in [1.82, 2.24) is 19.5 Å². The van der Waals surface area contributed by atoms with Crippen molar-refractivity contribution in [3.05, 3.63) is 41.9 Å². The smallest absolute Gasteiger partial charge is 0.433 e. The number of hydrogen-bond acceptors (Lipinski definition) is 4. The molecular weight excluding hydrogens is 363 g/mol. The lowest BCUT2D eigenvalue weighted by molar-refractivity contribution is -0.883. The number of likely N-dealkylation sites (N-methyl/N-ethyl adjacent to an activating group) is 1. The Hall–Kier alpha value is -2.88. The fraction of sp³-hybridized carbons (Fsp3) is 0.353. The molecule has 1 aliphatic rings. The van der Waals surface area contributed by atoms with E-state index < -0.39 is 11.9 Å². The third kappa shape index (κ3) is 3.16. The van der Waals surface area contributed by atoms with Gasteiger partial charge in [-0.25, -0.2) is 9.50 Å². The quantitative estimate of drug-likeness (QED) is 0.720. The van der Waals surface area contributed by atoms with Gasteiger partial charge in [-0.05, 0) is 18.2 Å². The SMILES string of the molecule is C[NH+]1CCN(C(=O)c2cnn3c(C(F)(F)F)cc(-c4ccco4)nc23)CC1. The Bertz CT molecular complexity index is 973. The van der Waals surface area contributed by atoms with Gasteiger partial charge in [0.05, 0.1) is 45.7 Å². The van der Waals surface area contributed by atoms with Gasteiger partial charge in [-0.2, -0.15) is 18.3 Å².